The van der Waals surface area contributed by atoms with E-state index in [9.17, 15) is 4.79 Å². The molecular weight excluding hydrogens is 196 g/mol. The Labute approximate surface area is 98.2 Å². The molecule has 0 aliphatic carbocycles. The second-order valence-electron chi connectivity index (χ2n) is 4.13. The van der Waals surface area contributed by atoms with Gasteiger partial charge in [0, 0.05) is 12.0 Å². The quantitative estimate of drug-likeness (QED) is 0.492. The van der Waals surface area contributed by atoms with Gasteiger partial charge in [-0.1, -0.05) is 56.2 Å². The minimum absolute atomic E-state index is 0.224. The molecule has 1 aromatic carbocycles. The summed E-state index contributed by atoms with van der Waals surface area (Å²) in [6, 6.07) is 9.49. The number of Topliss-reactive ketones (excluding diaryl/α,β-unsaturated/α-hetero) is 1. The lowest BCUT2D eigenvalue weighted by molar-refractivity contribution is 0.0967. The summed E-state index contributed by atoms with van der Waals surface area (Å²) in [7, 11) is 0. The fourth-order valence-corrected chi connectivity index (χ4v) is 1.75. The molecule has 0 aliphatic heterocycles. The average Bonchev–Trinajstić information content (AvgIpc) is 2.35. The highest BCUT2D eigenvalue weighted by atomic mass is 16.1. The van der Waals surface area contributed by atoms with Crippen LogP contribution in [0.5, 0.6) is 0 Å². The Morgan fingerprint density at radius 2 is 2.06 bits per heavy atom. The van der Waals surface area contributed by atoms with Crippen LogP contribution < -0.4 is 0 Å². The Morgan fingerprint density at radius 3 is 2.62 bits per heavy atom. The predicted molar refractivity (Wildman–Crippen MR) is 68.6 cm³/mol. The zero-order chi connectivity index (χ0) is 11.8. The van der Waals surface area contributed by atoms with Gasteiger partial charge in [0.2, 0.25) is 0 Å². The molecule has 1 rings (SSSR count). The zero-order valence-corrected chi connectivity index (χ0v) is 9.99. The molecule has 0 aliphatic rings. The highest BCUT2D eigenvalue weighted by Crippen LogP contribution is 2.17. The zero-order valence-electron chi connectivity index (χ0n) is 9.99. The third-order valence-electron chi connectivity index (χ3n) is 2.81. The number of ketones is 1. The summed E-state index contributed by atoms with van der Waals surface area (Å²) >= 11 is 0. The molecule has 16 heavy (non-hydrogen) atoms. The van der Waals surface area contributed by atoms with Crippen LogP contribution in [0.25, 0.3) is 0 Å². The van der Waals surface area contributed by atoms with Gasteiger partial charge in [-0.15, -0.1) is 6.58 Å². The second kappa shape index (κ2) is 7.00. The number of rotatable bonds is 7. The molecule has 1 aromatic rings. The van der Waals surface area contributed by atoms with Crippen LogP contribution in [0.1, 0.15) is 43.0 Å². The molecule has 0 N–H and O–H groups in total. The molecule has 0 saturated heterocycles. The monoisotopic (exact) mass is 216 g/mol. The second-order valence-corrected chi connectivity index (χ2v) is 4.13. The number of carbonyl (C=O) groups excluding carboxylic acids is 1. The normalized spacial score (nSPS) is 12.1. The topological polar surface area (TPSA) is 17.1 Å². The van der Waals surface area contributed by atoms with Crippen molar-refractivity contribution in [3.8, 4) is 0 Å². The maximum atomic E-state index is 11.9. The van der Waals surface area contributed by atoms with E-state index < -0.39 is 0 Å². The van der Waals surface area contributed by atoms with Gasteiger partial charge >= 0.3 is 0 Å². The summed E-state index contributed by atoms with van der Waals surface area (Å²) in [6.07, 6.45) is 5.91. The summed E-state index contributed by atoms with van der Waals surface area (Å²) < 4.78 is 0. The Morgan fingerprint density at radius 1 is 1.38 bits per heavy atom. The van der Waals surface area contributed by atoms with Crippen molar-refractivity contribution in [2.45, 2.75) is 32.6 Å². The van der Waals surface area contributed by atoms with Gasteiger partial charge in [-0.25, -0.2) is 0 Å². The highest BCUT2D eigenvalue weighted by molar-refractivity contribution is 5.96. The summed E-state index contributed by atoms with van der Waals surface area (Å²) in [5, 5.41) is 0. The molecular formula is C15H20O. The third-order valence-corrected chi connectivity index (χ3v) is 2.81. The molecule has 0 saturated carbocycles. The lowest BCUT2D eigenvalue weighted by Gasteiger charge is -2.10. The molecule has 0 fully saturated rings. The van der Waals surface area contributed by atoms with Crippen LogP contribution in [0.2, 0.25) is 0 Å². The number of allylic oxidation sites excluding steroid dienone is 1. The van der Waals surface area contributed by atoms with E-state index in [1.165, 1.54) is 12.8 Å². The van der Waals surface area contributed by atoms with E-state index >= 15 is 0 Å². The molecule has 0 heterocycles. The van der Waals surface area contributed by atoms with Crippen molar-refractivity contribution in [2.24, 2.45) is 5.92 Å². The van der Waals surface area contributed by atoms with Crippen LogP contribution >= 0.6 is 0 Å². The van der Waals surface area contributed by atoms with Crippen molar-refractivity contribution in [2.75, 3.05) is 0 Å². The minimum Gasteiger partial charge on any atom is -0.294 e. The van der Waals surface area contributed by atoms with Crippen LogP contribution in [-0.2, 0) is 0 Å². The molecule has 0 spiro atoms. The number of hydrogen-bond acceptors (Lipinski definition) is 1. The number of unbranched alkanes of at least 4 members (excludes halogenated alkanes) is 1. The summed E-state index contributed by atoms with van der Waals surface area (Å²) in [5.74, 6) is 0.550. The van der Waals surface area contributed by atoms with Gasteiger partial charge in [0.25, 0.3) is 0 Å². The first-order valence-corrected chi connectivity index (χ1v) is 5.98. The molecule has 1 heteroatoms. The Bertz CT molecular complexity index is 327. The summed E-state index contributed by atoms with van der Waals surface area (Å²) in [4.78, 5) is 11.9. The molecule has 0 radical (unpaired) electrons. The molecule has 1 atom stereocenters. The van der Waals surface area contributed by atoms with E-state index in [1.54, 1.807) is 0 Å². The smallest absolute Gasteiger partial charge is 0.163 e. The van der Waals surface area contributed by atoms with Gasteiger partial charge in [-0.2, -0.15) is 0 Å². The third kappa shape index (κ3) is 4.01. The van der Waals surface area contributed by atoms with Crippen LogP contribution in [0.4, 0.5) is 0 Å². The van der Waals surface area contributed by atoms with Crippen LogP contribution in [-0.4, -0.2) is 5.78 Å². The largest absolute Gasteiger partial charge is 0.294 e. The van der Waals surface area contributed by atoms with Crippen LogP contribution in [0, 0.1) is 5.92 Å². The number of benzene rings is 1. The standard InChI is InChI=1S/C15H20O/c1-3-5-9-13(4-2)12-15(16)14-10-7-6-8-11-14/h4,6-8,10-11,13H,2-3,5,9,12H2,1H3/t13-/m1/s1. The molecule has 0 amide bonds. The molecule has 0 unspecified atom stereocenters. The van der Waals surface area contributed by atoms with Gasteiger partial charge in [0.1, 0.15) is 0 Å². The van der Waals surface area contributed by atoms with Crippen LogP contribution in [0.3, 0.4) is 0 Å². The van der Waals surface area contributed by atoms with E-state index in [4.69, 9.17) is 0 Å². The van der Waals surface area contributed by atoms with Gasteiger partial charge < -0.3 is 0 Å². The Balaban J connectivity index is 2.52. The van der Waals surface area contributed by atoms with Crippen molar-refractivity contribution in [3.63, 3.8) is 0 Å². The Kier molecular flexibility index (Phi) is 5.55. The van der Waals surface area contributed by atoms with Crippen molar-refractivity contribution in [1.82, 2.24) is 0 Å². The van der Waals surface area contributed by atoms with E-state index in [-0.39, 0.29) is 5.78 Å². The first-order chi connectivity index (χ1) is 7.77. The van der Waals surface area contributed by atoms with Crippen molar-refractivity contribution >= 4 is 5.78 Å². The molecule has 0 aromatic heterocycles. The SMILES string of the molecule is C=C[C@H](CCCC)CC(=O)c1ccccc1. The van der Waals surface area contributed by atoms with E-state index in [1.807, 2.05) is 36.4 Å². The van der Waals surface area contributed by atoms with Gasteiger partial charge in [-0.3, -0.25) is 4.79 Å². The van der Waals surface area contributed by atoms with Crippen molar-refractivity contribution < 1.29 is 4.79 Å². The van der Waals surface area contributed by atoms with E-state index in [0.29, 0.717) is 12.3 Å². The maximum Gasteiger partial charge on any atom is 0.163 e. The number of carbonyl (C=O) groups is 1. The predicted octanol–water partition coefficient (Wildman–Crippen LogP) is 4.25. The van der Waals surface area contributed by atoms with Gasteiger partial charge in [-0.05, 0) is 12.3 Å². The van der Waals surface area contributed by atoms with Crippen molar-refractivity contribution in [3.05, 3.63) is 48.6 Å². The summed E-state index contributed by atoms with van der Waals surface area (Å²) in [5.41, 5.74) is 0.811. The van der Waals surface area contributed by atoms with Crippen molar-refractivity contribution in [1.29, 1.82) is 0 Å². The number of hydrogen-bond donors (Lipinski definition) is 0. The van der Waals surface area contributed by atoms with E-state index in [0.717, 1.165) is 12.0 Å². The first-order valence-electron chi connectivity index (χ1n) is 5.98. The van der Waals surface area contributed by atoms with Gasteiger partial charge in [0.15, 0.2) is 5.78 Å². The maximum absolute atomic E-state index is 11.9. The molecule has 1 nitrogen and oxygen atoms in total. The van der Waals surface area contributed by atoms with Crippen LogP contribution in [0.15, 0.2) is 43.0 Å². The molecule has 0 bridgehead atoms. The Hall–Kier alpha value is -1.37. The lowest BCUT2D eigenvalue weighted by Crippen LogP contribution is -2.06. The summed E-state index contributed by atoms with van der Waals surface area (Å²) in [6.45, 7) is 5.97. The average molecular weight is 216 g/mol. The first kappa shape index (κ1) is 12.7. The van der Waals surface area contributed by atoms with E-state index in [2.05, 4.69) is 13.5 Å². The van der Waals surface area contributed by atoms with Gasteiger partial charge in [0.05, 0.1) is 0 Å². The fourth-order valence-electron chi connectivity index (χ4n) is 1.75. The molecule has 86 valence electrons. The fraction of sp³-hybridized carbons (Fsp3) is 0.400. The minimum atomic E-state index is 0.224. The lowest BCUT2D eigenvalue weighted by atomic mass is 9.94. The highest BCUT2D eigenvalue weighted by Gasteiger charge is 2.11.